The van der Waals surface area contributed by atoms with Gasteiger partial charge in [0.25, 0.3) is 0 Å². The highest BCUT2D eigenvalue weighted by molar-refractivity contribution is 5.91. The van der Waals surface area contributed by atoms with Crippen molar-refractivity contribution in [1.82, 2.24) is 0 Å². The van der Waals surface area contributed by atoms with E-state index < -0.39 is 0 Å². The molecular formula is C21H18O4. The Morgan fingerprint density at radius 2 is 1.84 bits per heavy atom. The molecule has 1 heterocycles. The Balaban J connectivity index is 1.86. The lowest BCUT2D eigenvalue weighted by Gasteiger charge is -2.14. The fourth-order valence-electron chi connectivity index (χ4n) is 3.45. The molecule has 0 fully saturated rings. The van der Waals surface area contributed by atoms with E-state index in [4.69, 9.17) is 9.15 Å². The average Bonchev–Trinajstić information content (AvgIpc) is 2.67. The third kappa shape index (κ3) is 2.74. The van der Waals surface area contributed by atoms with E-state index in [1.807, 2.05) is 24.3 Å². The summed E-state index contributed by atoms with van der Waals surface area (Å²) in [5.41, 5.74) is 3.74. The lowest BCUT2D eigenvalue weighted by Crippen LogP contribution is -2.16. The van der Waals surface area contributed by atoms with E-state index in [1.165, 1.54) is 7.11 Å². The highest BCUT2D eigenvalue weighted by Gasteiger charge is 2.18. The van der Waals surface area contributed by atoms with Gasteiger partial charge in [0.05, 0.1) is 18.1 Å². The lowest BCUT2D eigenvalue weighted by atomic mass is 9.94. The van der Waals surface area contributed by atoms with Crippen LogP contribution in [-0.4, -0.2) is 13.1 Å². The summed E-state index contributed by atoms with van der Waals surface area (Å²) in [6.45, 7) is 0. The first-order valence-electron chi connectivity index (χ1n) is 8.45. The third-order valence-corrected chi connectivity index (χ3v) is 4.77. The highest BCUT2D eigenvalue weighted by atomic mass is 16.5. The van der Waals surface area contributed by atoms with Crippen LogP contribution in [0.25, 0.3) is 22.1 Å². The van der Waals surface area contributed by atoms with Gasteiger partial charge in [-0.2, -0.15) is 0 Å². The van der Waals surface area contributed by atoms with Crippen LogP contribution in [0.4, 0.5) is 0 Å². The van der Waals surface area contributed by atoms with Gasteiger partial charge in [-0.15, -0.1) is 0 Å². The van der Waals surface area contributed by atoms with Crippen LogP contribution in [0.5, 0.6) is 0 Å². The summed E-state index contributed by atoms with van der Waals surface area (Å²) in [7, 11) is 1.36. The van der Waals surface area contributed by atoms with Gasteiger partial charge >= 0.3 is 5.97 Å². The zero-order valence-corrected chi connectivity index (χ0v) is 14.0. The van der Waals surface area contributed by atoms with E-state index >= 15 is 0 Å². The standard InChI is InChI=1S/C21H18O4/c1-24-21(23)15-6-4-5-13(11-15)14-9-10-19-17(12-14)20(22)16-7-2-3-8-18(16)25-19/h4-6,9-12H,2-3,7-8H2,1H3. The number of hydrogen-bond acceptors (Lipinski definition) is 4. The highest BCUT2D eigenvalue weighted by Crippen LogP contribution is 2.27. The van der Waals surface area contributed by atoms with Crippen LogP contribution in [0.1, 0.15) is 34.5 Å². The molecule has 4 heteroatoms. The van der Waals surface area contributed by atoms with E-state index in [2.05, 4.69) is 0 Å². The smallest absolute Gasteiger partial charge is 0.337 e. The van der Waals surface area contributed by atoms with Crippen LogP contribution in [0, 0.1) is 0 Å². The fourth-order valence-corrected chi connectivity index (χ4v) is 3.45. The molecule has 0 spiro atoms. The maximum Gasteiger partial charge on any atom is 0.337 e. The van der Waals surface area contributed by atoms with Gasteiger partial charge in [-0.3, -0.25) is 4.79 Å². The van der Waals surface area contributed by atoms with Crippen molar-refractivity contribution >= 4 is 16.9 Å². The molecule has 0 amide bonds. The Morgan fingerprint density at radius 1 is 1.04 bits per heavy atom. The predicted octanol–water partition coefficient (Wildman–Crippen LogP) is 4.13. The molecule has 2 aromatic carbocycles. The Kier molecular flexibility index (Phi) is 3.88. The van der Waals surface area contributed by atoms with Crippen molar-refractivity contribution in [2.45, 2.75) is 25.7 Å². The quantitative estimate of drug-likeness (QED) is 0.661. The Labute approximate surface area is 145 Å². The predicted molar refractivity (Wildman–Crippen MR) is 95.9 cm³/mol. The van der Waals surface area contributed by atoms with Crippen molar-refractivity contribution in [2.24, 2.45) is 0 Å². The SMILES string of the molecule is COC(=O)c1cccc(-c2ccc3oc4c(c(=O)c3c2)CCCC4)c1. The molecule has 0 atom stereocenters. The van der Waals surface area contributed by atoms with E-state index in [9.17, 15) is 9.59 Å². The molecule has 0 aliphatic heterocycles. The molecule has 1 aliphatic rings. The maximum atomic E-state index is 12.8. The number of methoxy groups -OCH3 is 1. The van der Waals surface area contributed by atoms with Gasteiger partial charge in [-0.1, -0.05) is 18.2 Å². The van der Waals surface area contributed by atoms with Gasteiger partial charge in [0.2, 0.25) is 0 Å². The molecule has 0 saturated heterocycles. The summed E-state index contributed by atoms with van der Waals surface area (Å²) in [6, 6.07) is 12.8. The largest absolute Gasteiger partial charge is 0.465 e. The molecule has 3 aromatic rings. The van der Waals surface area contributed by atoms with Crippen LogP contribution >= 0.6 is 0 Å². The van der Waals surface area contributed by atoms with E-state index in [1.54, 1.807) is 18.2 Å². The molecule has 0 saturated carbocycles. The zero-order chi connectivity index (χ0) is 17.4. The summed E-state index contributed by atoms with van der Waals surface area (Å²) in [5.74, 6) is 0.459. The molecule has 1 aliphatic carbocycles. The molecule has 0 bridgehead atoms. The van der Waals surface area contributed by atoms with Gasteiger partial charge in [-0.25, -0.2) is 4.79 Å². The number of benzene rings is 2. The van der Waals surface area contributed by atoms with Crippen LogP contribution in [0.2, 0.25) is 0 Å². The van der Waals surface area contributed by atoms with E-state index in [0.717, 1.165) is 48.1 Å². The van der Waals surface area contributed by atoms with Crippen LogP contribution in [0.3, 0.4) is 0 Å². The van der Waals surface area contributed by atoms with Crippen molar-refractivity contribution in [3.8, 4) is 11.1 Å². The van der Waals surface area contributed by atoms with Crippen molar-refractivity contribution < 1.29 is 13.9 Å². The van der Waals surface area contributed by atoms with Crippen LogP contribution in [-0.2, 0) is 17.6 Å². The summed E-state index contributed by atoms with van der Waals surface area (Å²) in [4.78, 5) is 24.6. The van der Waals surface area contributed by atoms with Crippen molar-refractivity contribution in [1.29, 1.82) is 0 Å². The molecule has 4 nitrogen and oxygen atoms in total. The second-order valence-corrected chi connectivity index (χ2v) is 6.32. The van der Waals surface area contributed by atoms with Gasteiger partial charge in [0, 0.05) is 12.0 Å². The number of hydrogen-bond donors (Lipinski definition) is 0. The molecule has 0 unspecified atom stereocenters. The molecule has 0 N–H and O–H groups in total. The lowest BCUT2D eigenvalue weighted by molar-refractivity contribution is 0.0601. The first-order chi connectivity index (χ1) is 12.2. The van der Waals surface area contributed by atoms with E-state index in [-0.39, 0.29) is 11.4 Å². The second kappa shape index (κ2) is 6.20. The summed E-state index contributed by atoms with van der Waals surface area (Å²) in [5, 5.41) is 0.599. The van der Waals surface area contributed by atoms with Gasteiger partial charge in [-0.05, 0) is 54.7 Å². The number of ether oxygens (including phenoxy) is 1. The van der Waals surface area contributed by atoms with Crippen LogP contribution in [0.15, 0.2) is 51.7 Å². The normalized spacial score (nSPS) is 13.5. The van der Waals surface area contributed by atoms with Crippen LogP contribution < -0.4 is 5.43 Å². The minimum atomic E-state index is -0.378. The monoisotopic (exact) mass is 334 g/mol. The first-order valence-corrected chi connectivity index (χ1v) is 8.45. The molecule has 1 aromatic heterocycles. The van der Waals surface area contributed by atoms with Gasteiger partial charge < -0.3 is 9.15 Å². The van der Waals surface area contributed by atoms with Gasteiger partial charge in [0.1, 0.15) is 11.3 Å². The van der Waals surface area contributed by atoms with Crippen molar-refractivity contribution in [2.75, 3.05) is 7.11 Å². The molecule has 25 heavy (non-hydrogen) atoms. The van der Waals surface area contributed by atoms with Gasteiger partial charge in [0.15, 0.2) is 5.43 Å². The average molecular weight is 334 g/mol. The summed E-state index contributed by atoms with van der Waals surface area (Å²) >= 11 is 0. The number of rotatable bonds is 2. The molecule has 126 valence electrons. The minimum absolute atomic E-state index is 0.0712. The second-order valence-electron chi connectivity index (χ2n) is 6.32. The molecular weight excluding hydrogens is 316 g/mol. The van der Waals surface area contributed by atoms with E-state index in [0.29, 0.717) is 16.5 Å². The number of aryl methyl sites for hydroxylation is 1. The first kappa shape index (κ1) is 15.6. The van der Waals surface area contributed by atoms with Crippen molar-refractivity contribution in [3.05, 3.63) is 69.6 Å². The zero-order valence-electron chi connectivity index (χ0n) is 14.0. The number of carbonyl (C=O) groups is 1. The summed E-state index contributed by atoms with van der Waals surface area (Å²) in [6.07, 6.45) is 3.73. The number of carbonyl (C=O) groups excluding carboxylic acids is 1. The minimum Gasteiger partial charge on any atom is -0.465 e. The Bertz CT molecular complexity index is 1030. The Hall–Kier alpha value is -2.88. The maximum absolute atomic E-state index is 12.8. The Morgan fingerprint density at radius 3 is 2.68 bits per heavy atom. The van der Waals surface area contributed by atoms with Crippen molar-refractivity contribution in [3.63, 3.8) is 0 Å². The molecule has 0 radical (unpaired) electrons. The molecule has 4 rings (SSSR count). The topological polar surface area (TPSA) is 56.5 Å². The summed E-state index contributed by atoms with van der Waals surface area (Å²) < 4.78 is 10.7. The fraction of sp³-hybridized carbons (Fsp3) is 0.238. The number of esters is 1. The third-order valence-electron chi connectivity index (χ3n) is 4.77. The number of fused-ring (bicyclic) bond motifs is 2.